The van der Waals surface area contributed by atoms with Gasteiger partial charge < -0.3 is 15.3 Å². The van der Waals surface area contributed by atoms with Gasteiger partial charge in [0.2, 0.25) is 0 Å². The van der Waals surface area contributed by atoms with Crippen LogP contribution in [-0.4, -0.2) is 36.8 Å². The van der Waals surface area contributed by atoms with Crippen LogP contribution in [0.3, 0.4) is 0 Å². The normalized spacial score (nSPS) is 19.6. The fraction of sp³-hybridized carbons (Fsp3) is 0.417. The molecule has 1 aliphatic heterocycles. The van der Waals surface area contributed by atoms with E-state index >= 15 is 0 Å². The zero-order valence-corrected chi connectivity index (χ0v) is 9.40. The molecule has 2 rings (SSSR count). The molecule has 0 radical (unpaired) electrons. The van der Waals surface area contributed by atoms with Gasteiger partial charge in [0.15, 0.2) is 0 Å². The molecule has 0 amide bonds. The van der Waals surface area contributed by atoms with Crippen molar-refractivity contribution in [2.75, 3.05) is 24.5 Å². The van der Waals surface area contributed by atoms with Crippen LogP contribution in [0.25, 0.3) is 0 Å². The summed E-state index contributed by atoms with van der Waals surface area (Å²) in [4.78, 5) is 12.4. The Morgan fingerprint density at radius 3 is 3.00 bits per heavy atom. The molecule has 0 aromatic heterocycles. The molecule has 5 heteroatoms. The summed E-state index contributed by atoms with van der Waals surface area (Å²) in [5, 5.41) is 11.5. The quantitative estimate of drug-likeness (QED) is 0.824. The largest absolute Gasteiger partial charge is 0.480 e. The van der Waals surface area contributed by atoms with Gasteiger partial charge in [0.25, 0.3) is 0 Å². The van der Waals surface area contributed by atoms with E-state index in [1.165, 1.54) is 6.07 Å². The van der Waals surface area contributed by atoms with E-state index in [0.29, 0.717) is 12.2 Å². The van der Waals surface area contributed by atoms with E-state index in [9.17, 15) is 9.18 Å². The highest BCUT2D eigenvalue weighted by Crippen LogP contribution is 2.23. The van der Waals surface area contributed by atoms with Gasteiger partial charge in [-0.15, -0.1) is 0 Å². The third kappa shape index (κ3) is 2.94. The van der Waals surface area contributed by atoms with E-state index in [2.05, 4.69) is 5.32 Å². The van der Waals surface area contributed by atoms with Crippen LogP contribution < -0.4 is 10.2 Å². The van der Waals surface area contributed by atoms with Crippen LogP contribution in [0.4, 0.5) is 10.1 Å². The first-order valence-electron chi connectivity index (χ1n) is 5.61. The van der Waals surface area contributed by atoms with Crippen molar-refractivity contribution in [2.45, 2.75) is 12.5 Å². The predicted octanol–water partition coefficient (Wildman–Crippen LogP) is 1.08. The molecule has 2 N–H and O–H groups in total. The molecule has 0 aliphatic carbocycles. The lowest BCUT2D eigenvalue weighted by Crippen LogP contribution is -2.36. The Bertz CT molecular complexity index is 411. The number of aliphatic carboxylic acids is 1. The van der Waals surface area contributed by atoms with Gasteiger partial charge in [-0.1, -0.05) is 12.1 Å². The second-order valence-electron chi connectivity index (χ2n) is 4.16. The van der Waals surface area contributed by atoms with Crippen LogP contribution >= 0.6 is 0 Å². The molecule has 1 saturated heterocycles. The van der Waals surface area contributed by atoms with Crippen LogP contribution in [-0.2, 0) is 4.79 Å². The summed E-state index contributed by atoms with van der Waals surface area (Å²) in [5.74, 6) is -1.10. The maximum atomic E-state index is 13.5. The summed E-state index contributed by atoms with van der Waals surface area (Å²) in [5.41, 5.74) is 0.590. The molecular formula is C12H15FN2O2. The Labute approximate surface area is 99.0 Å². The SMILES string of the molecule is O=C(O)CNC1CCN(c2ccccc2F)C1. The fourth-order valence-corrected chi connectivity index (χ4v) is 2.09. The number of carbonyl (C=O) groups is 1. The zero-order chi connectivity index (χ0) is 12.3. The molecular weight excluding hydrogens is 223 g/mol. The number of nitrogens with one attached hydrogen (secondary N) is 1. The van der Waals surface area contributed by atoms with Gasteiger partial charge in [-0.05, 0) is 18.6 Å². The van der Waals surface area contributed by atoms with E-state index in [1.807, 2.05) is 4.90 Å². The topological polar surface area (TPSA) is 52.6 Å². The number of halogens is 1. The van der Waals surface area contributed by atoms with E-state index in [0.717, 1.165) is 13.0 Å². The standard InChI is InChI=1S/C12H15FN2O2/c13-10-3-1-2-4-11(10)15-6-5-9(8-15)14-7-12(16)17/h1-4,9,14H,5-8H2,(H,16,17). The summed E-state index contributed by atoms with van der Waals surface area (Å²) < 4.78 is 13.5. The number of anilines is 1. The van der Waals surface area contributed by atoms with Gasteiger partial charge in [0, 0.05) is 19.1 Å². The van der Waals surface area contributed by atoms with Gasteiger partial charge in [-0.25, -0.2) is 4.39 Å². The molecule has 0 saturated carbocycles. The zero-order valence-electron chi connectivity index (χ0n) is 9.40. The van der Waals surface area contributed by atoms with Crippen LogP contribution in [0.1, 0.15) is 6.42 Å². The molecule has 1 aromatic rings. The number of carboxylic acids is 1. The minimum absolute atomic E-state index is 0.0459. The van der Waals surface area contributed by atoms with Crippen LogP contribution in [0.5, 0.6) is 0 Å². The molecule has 1 aromatic carbocycles. The highest BCUT2D eigenvalue weighted by molar-refractivity contribution is 5.69. The van der Waals surface area contributed by atoms with Crippen LogP contribution in [0.15, 0.2) is 24.3 Å². The summed E-state index contributed by atoms with van der Waals surface area (Å²) >= 11 is 0. The molecule has 0 spiro atoms. The van der Waals surface area contributed by atoms with Gasteiger partial charge in [-0.3, -0.25) is 4.79 Å². The minimum atomic E-state index is -0.866. The lowest BCUT2D eigenvalue weighted by molar-refractivity contribution is -0.136. The van der Waals surface area contributed by atoms with Crippen molar-refractivity contribution < 1.29 is 14.3 Å². The Morgan fingerprint density at radius 2 is 2.29 bits per heavy atom. The summed E-state index contributed by atoms with van der Waals surface area (Å²) in [6.45, 7) is 1.35. The summed E-state index contributed by atoms with van der Waals surface area (Å²) in [6, 6.07) is 6.76. The minimum Gasteiger partial charge on any atom is -0.480 e. The van der Waals surface area contributed by atoms with Crippen LogP contribution in [0, 0.1) is 5.82 Å². The predicted molar refractivity (Wildman–Crippen MR) is 62.7 cm³/mol. The van der Waals surface area contributed by atoms with E-state index in [4.69, 9.17) is 5.11 Å². The molecule has 1 atom stereocenters. The van der Waals surface area contributed by atoms with Gasteiger partial charge in [-0.2, -0.15) is 0 Å². The summed E-state index contributed by atoms with van der Waals surface area (Å²) in [6.07, 6.45) is 0.835. The third-order valence-electron chi connectivity index (χ3n) is 2.92. The first-order chi connectivity index (χ1) is 8.16. The van der Waals surface area contributed by atoms with Crippen molar-refractivity contribution in [3.63, 3.8) is 0 Å². The monoisotopic (exact) mass is 238 g/mol. The molecule has 17 heavy (non-hydrogen) atoms. The lowest BCUT2D eigenvalue weighted by Gasteiger charge is -2.19. The van der Waals surface area contributed by atoms with Gasteiger partial charge in [0.1, 0.15) is 5.82 Å². The molecule has 1 heterocycles. The number of nitrogens with zero attached hydrogens (tertiary/aromatic N) is 1. The van der Waals surface area contributed by atoms with Gasteiger partial charge >= 0.3 is 5.97 Å². The van der Waals surface area contributed by atoms with Crippen molar-refractivity contribution in [1.82, 2.24) is 5.32 Å². The van der Waals surface area contributed by atoms with Crippen molar-refractivity contribution in [3.8, 4) is 0 Å². The first kappa shape index (κ1) is 11.9. The Morgan fingerprint density at radius 1 is 1.53 bits per heavy atom. The molecule has 1 unspecified atom stereocenters. The maximum absolute atomic E-state index is 13.5. The molecule has 1 fully saturated rings. The van der Waals surface area contributed by atoms with Crippen molar-refractivity contribution in [3.05, 3.63) is 30.1 Å². The average Bonchev–Trinajstić information content (AvgIpc) is 2.75. The molecule has 1 aliphatic rings. The second kappa shape index (κ2) is 5.14. The number of benzene rings is 1. The number of hydrogen-bond donors (Lipinski definition) is 2. The Balaban J connectivity index is 1.94. The van der Waals surface area contributed by atoms with Crippen molar-refractivity contribution in [2.24, 2.45) is 0 Å². The lowest BCUT2D eigenvalue weighted by atomic mass is 10.2. The van der Waals surface area contributed by atoms with Crippen molar-refractivity contribution >= 4 is 11.7 Å². The maximum Gasteiger partial charge on any atom is 0.317 e. The molecule has 0 bridgehead atoms. The highest BCUT2D eigenvalue weighted by atomic mass is 19.1. The van der Waals surface area contributed by atoms with Crippen LogP contribution in [0.2, 0.25) is 0 Å². The van der Waals surface area contributed by atoms with E-state index in [1.54, 1.807) is 18.2 Å². The second-order valence-corrected chi connectivity index (χ2v) is 4.16. The van der Waals surface area contributed by atoms with Gasteiger partial charge in [0.05, 0.1) is 12.2 Å². The Hall–Kier alpha value is -1.62. The fourth-order valence-electron chi connectivity index (χ4n) is 2.09. The number of rotatable bonds is 4. The smallest absolute Gasteiger partial charge is 0.317 e. The highest BCUT2D eigenvalue weighted by Gasteiger charge is 2.24. The molecule has 92 valence electrons. The van der Waals surface area contributed by atoms with E-state index < -0.39 is 5.97 Å². The summed E-state index contributed by atoms with van der Waals surface area (Å²) in [7, 11) is 0. The first-order valence-corrected chi connectivity index (χ1v) is 5.61. The number of para-hydroxylation sites is 1. The third-order valence-corrected chi connectivity index (χ3v) is 2.92. The number of hydrogen-bond acceptors (Lipinski definition) is 3. The Kier molecular flexibility index (Phi) is 3.58. The average molecular weight is 238 g/mol. The van der Waals surface area contributed by atoms with E-state index in [-0.39, 0.29) is 18.4 Å². The number of carboxylic acid groups (broad SMARTS) is 1. The van der Waals surface area contributed by atoms with Crippen molar-refractivity contribution in [1.29, 1.82) is 0 Å². The molecule has 4 nitrogen and oxygen atoms in total.